The molecule has 4 N–H and O–H groups in total. The number of aliphatic hydroxyl groups excluding tert-OH is 1. The molecule has 10 nitrogen and oxygen atoms in total. The van der Waals surface area contributed by atoms with Gasteiger partial charge in [-0.05, 0) is 0 Å². The van der Waals surface area contributed by atoms with E-state index in [4.69, 9.17) is 15.2 Å². The number of aromatic nitrogens is 4. The van der Waals surface area contributed by atoms with Crippen molar-refractivity contribution < 1.29 is 19.4 Å². The van der Waals surface area contributed by atoms with Crippen LogP contribution in [0.4, 0.5) is 5.95 Å². The molecule has 0 spiro atoms. The minimum absolute atomic E-state index is 0.0716. The molecule has 1 aliphatic heterocycles. The molecule has 0 radical (unpaired) electrons. The highest BCUT2D eigenvalue weighted by Crippen LogP contribution is 2.35. The minimum atomic E-state index is -1.07. The maximum Gasteiger partial charge on any atom is 0.306 e. The fourth-order valence-electron chi connectivity index (χ4n) is 3.00. The van der Waals surface area contributed by atoms with E-state index >= 15 is 0 Å². The zero-order chi connectivity index (χ0) is 19.0. The Kier molecular flexibility index (Phi) is 5.21. The standard InChI is InChI=1S/C15H21N5O5S/c1-3-7-17-9-12(18-15(16)19-13(9)23)20(7)14-11(25-8(21)4-2)10(22)6(5-26)24-14/h6,10-11,14,22,26H,3-5H2,1-2H3,(H3,16,18,19,23)/t6-,10-,11-,14-/m1/s1. The van der Waals surface area contributed by atoms with Crippen LogP contribution in [-0.4, -0.2) is 54.7 Å². The topological polar surface area (TPSA) is 145 Å². The van der Waals surface area contributed by atoms with Gasteiger partial charge in [0.25, 0.3) is 5.56 Å². The summed E-state index contributed by atoms with van der Waals surface area (Å²) < 4.78 is 12.8. The second-order valence-electron chi connectivity index (χ2n) is 5.92. The number of anilines is 1. The number of aryl methyl sites for hydroxylation is 1. The number of aromatic amines is 1. The lowest BCUT2D eigenvalue weighted by atomic mass is 10.1. The molecular weight excluding hydrogens is 362 g/mol. The van der Waals surface area contributed by atoms with Gasteiger partial charge in [0.05, 0.1) is 6.10 Å². The van der Waals surface area contributed by atoms with Crippen molar-refractivity contribution in [3.8, 4) is 0 Å². The van der Waals surface area contributed by atoms with Crippen LogP contribution in [0.25, 0.3) is 11.2 Å². The third-order valence-electron chi connectivity index (χ3n) is 4.26. The van der Waals surface area contributed by atoms with Crippen LogP contribution in [0.1, 0.15) is 32.3 Å². The zero-order valence-electron chi connectivity index (χ0n) is 14.4. The quantitative estimate of drug-likeness (QED) is 0.409. The number of carbonyl (C=O) groups is 1. The van der Waals surface area contributed by atoms with Crippen LogP contribution in [0.3, 0.4) is 0 Å². The first-order valence-corrected chi connectivity index (χ1v) is 8.94. The van der Waals surface area contributed by atoms with E-state index in [2.05, 4.69) is 27.6 Å². The molecule has 0 saturated carbocycles. The first-order valence-electron chi connectivity index (χ1n) is 8.31. The van der Waals surface area contributed by atoms with Gasteiger partial charge in [-0.1, -0.05) is 13.8 Å². The fourth-order valence-corrected chi connectivity index (χ4v) is 3.30. The van der Waals surface area contributed by atoms with Crippen molar-refractivity contribution in [2.75, 3.05) is 11.5 Å². The van der Waals surface area contributed by atoms with Crippen molar-refractivity contribution in [2.24, 2.45) is 0 Å². The van der Waals surface area contributed by atoms with Crippen molar-refractivity contribution in [2.45, 2.75) is 51.2 Å². The highest BCUT2D eigenvalue weighted by molar-refractivity contribution is 7.80. The lowest BCUT2D eigenvalue weighted by Crippen LogP contribution is -2.36. The van der Waals surface area contributed by atoms with Crippen molar-refractivity contribution in [1.29, 1.82) is 0 Å². The molecule has 1 saturated heterocycles. The summed E-state index contributed by atoms with van der Waals surface area (Å²) in [6.45, 7) is 3.51. The van der Waals surface area contributed by atoms with Crippen LogP contribution in [0, 0.1) is 0 Å². The van der Waals surface area contributed by atoms with Crippen molar-refractivity contribution in [3.05, 3.63) is 16.2 Å². The van der Waals surface area contributed by atoms with Gasteiger partial charge >= 0.3 is 5.97 Å². The number of carbonyl (C=O) groups excluding carboxylic acids is 1. The molecule has 1 fully saturated rings. The summed E-state index contributed by atoms with van der Waals surface area (Å²) in [7, 11) is 0. The molecule has 26 heavy (non-hydrogen) atoms. The van der Waals surface area contributed by atoms with Gasteiger partial charge in [-0.25, -0.2) is 4.98 Å². The molecule has 142 valence electrons. The Balaban J connectivity index is 2.16. The number of aliphatic hydroxyl groups is 1. The Morgan fingerprint density at radius 2 is 2.19 bits per heavy atom. The number of fused-ring (bicyclic) bond motifs is 1. The van der Waals surface area contributed by atoms with Crippen LogP contribution < -0.4 is 11.3 Å². The Bertz CT molecular complexity index is 881. The van der Waals surface area contributed by atoms with Crippen LogP contribution >= 0.6 is 12.6 Å². The van der Waals surface area contributed by atoms with Gasteiger partial charge in [-0.2, -0.15) is 17.6 Å². The number of nitrogens with zero attached hydrogens (tertiary/aromatic N) is 3. The number of nitrogens with two attached hydrogens (primary N) is 1. The number of nitrogen functional groups attached to an aromatic ring is 1. The fraction of sp³-hybridized carbons (Fsp3) is 0.600. The summed E-state index contributed by atoms with van der Waals surface area (Å²) in [5.74, 6) is 0.174. The number of hydrogen-bond donors (Lipinski definition) is 4. The van der Waals surface area contributed by atoms with Crippen molar-refractivity contribution in [1.82, 2.24) is 19.5 Å². The van der Waals surface area contributed by atoms with E-state index < -0.39 is 36.1 Å². The average molecular weight is 383 g/mol. The normalized spacial score (nSPS) is 25.7. The number of hydrogen-bond acceptors (Lipinski definition) is 9. The minimum Gasteiger partial charge on any atom is -0.455 e. The summed E-state index contributed by atoms with van der Waals surface area (Å²) in [6, 6.07) is 0. The molecule has 11 heteroatoms. The molecule has 0 aliphatic carbocycles. The van der Waals surface area contributed by atoms with Crippen LogP contribution in [-0.2, 0) is 20.7 Å². The lowest BCUT2D eigenvalue weighted by molar-refractivity contribution is -0.158. The first kappa shape index (κ1) is 18.7. The smallest absolute Gasteiger partial charge is 0.306 e. The van der Waals surface area contributed by atoms with Gasteiger partial charge in [0.15, 0.2) is 23.5 Å². The molecule has 3 heterocycles. The zero-order valence-corrected chi connectivity index (χ0v) is 15.3. The number of esters is 1. The maximum absolute atomic E-state index is 12.1. The second-order valence-corrected chi connectivity index (χ2v) is 6.29. The maximum atomic E-state index is 12.1. The van der Waals surface area contributed by atoms with Gasteiger partial charge in [-0.3, -0.25) is 19.1 Å². The molecular formula is C15H21N5O5S. The van der Waals surface area contributed by atoms with Crippen molar-refractivity contribution >= 4 is 35.7 Å². The Morgan fingerprint density at radius 1 is 1.46 bits per heavy atom. The number of imidazole rings is 1. The molecule has 2 aromatic heterocycles. The SMILES string of the molecule is CCC(=O)O[C@@H]1[C@H](O)[C@@H](CS)O[C@H]1n1c(CC)nc2c(=O)[nH]c(N)nc21. The van der Waals surface area contributed by atoms with E-state index in [1.807, 2.05) is 6.92 Å². The Morgan fingerprint density at radius 3 is 2.81 bits per heavy atom. The van der Waals surface area contributed by atoms with E-state index in [0.29, 0.717) is 12.2 Å². The van der Waals surface area contributed by atoms with Gasteiger partial charge in [0.1, 0.15) is 11.9 Å². The summed E-state index contributed by atoms with van der Waals surface area (Å²) in [5, 5.41) is 10.5. The van der Waals surface area contributed by atoms with E-state index in [1.165, 1.54) is 0 Å². The van der Waals surface area contributed by atoms with E-state index in [1.54, 1.807) is 11.5 Å². The van der Waals surface area contributed by atoms with E-state index in [9.17, 15) is 14.7 Å². The Hall–Kier alpha value is -2.11. The third-order valence-corrected chi connectivity index (χ3v) is 4.62. The monoisotopic (exact) mass is 383 g/mol. The lowest BCUT2D eigenvalue weighted by Gasteiger charge is -2.23. The number of ether oxygens (including phenoxy) is 2. The predicted molar refractivity (Wildman–Crippen MR) is 95.9 cm³/mol. The highest BCUT2D eigenvalue weighted by atomic mass is 32.1. The molecule has 2 aromatic rings. The van der Waals surface area contributed by atoms with Crippen LogP contribution in [0.5, 0.6) is 0 Å². The number of rotatable bonds is 5. The average Bonchev–Trinajstić information content (AvgIpc) is 3.13. The molecule has 1 aliphatic rings. The number of thiol groups is 1. The summed E-state index contributed by atoms with van der Waals surface area (Å²) in [5.41, 5.74) is 5.49. The summed E-state index contributed by atoms with van der Waals surface area (Å²) in [4.78, 5) is 34.8. The largest absolute Gasteiger partial charge is 0.455 e. The van der Waals surface area contributed by atoms with E-state index in [-0.39, 0.29) is 29.3 Å². The molecule has 3 rings (SSSR count). The number of H-pyrrole nitrogens is 1. The van der Waals surface area contributed by atoms with Crippen LogP contribution in [0.2, 0.25) is 0 Å². The Labute approximate surface area is 154 Å². The highest BCUT2D eigenvalue weighted by Gasteiger charge is 2.47. The molecule has 0 unspecified atom stereocenters. The first-order chi connectivity index (χ1) is 12.4. The summed E-state index contributed by atoms with van der Waals surface area (Å²) in [6.07, 6.45) is -2.99. The van der Waals surface area contributed by atoms with Crippen LogP contribution in [0.15, 0.2) is 4.79 Å². The summed E-state index contributed by atoms with van der Waals surface area (Å²) >= 11 is 4.18. The van der Waals surface area contributed by atoms with Gasteiger partial charge in [-0.15, -0.1) is 0 Å². The molecule has 0 aromatic carbocycles. The van der Waals surface area contributed by atoms with Gasteiger partial charge in [0.2, 0.25) is 5.95 Å². The van der Waals surface area contributed by atoms with E-state index in [0.717, 1.165) is 0 Å². The van der Waals surface area contributed by atoms with Gasteiger partial charge < -0.3 is 20.3 Å². The molecule has 0 amide bonds. The van der Waals surface area contributed by atoms with Gasteiger partial charge in [0, 0.05) is 18.6 Å². The molecule has 4 atom stereocenters. The number of nitrogens with one attached hydrogen (secondary N) is 1. The molecule has 0 bridgehead atoms. The third kappa shape index (κ3) is 3.06. The van der Waals surface area contributed by atoms with Crippen molar-refractivity contribution in [3.63, 3.8) is 0 Å². The second kappa shape index (κ2) is 7.25. The predicted octanol–water partition coefficient (Wildman–Crippen LogP) is -0.226.